The molecule has 3 rings (SSSR count). The summed E-state index contributed by atoms with van der Waals surface area (Å²) in [5, 5.41) is 0. The molecule has 0 aliphatic heterocycles. The van der Waals surface area contributed by atoms with Gasteiger partial charge in [0.2, 0.25) is 5.78 Å². The highest BCUT2D eigenvalue weighted by Crippen LogP contribution is 2.31. The lowest BCUT2D eigenvalue weighted by atomic mass is 10.2. The molecule has 0 aliphatic carbocycles. The van der Waals surface area contributed by atoms with Crippen LogP contribution < -0.4 is 0 Å². The van der Waals surface area contributed by atoms with Crippen molar-refractivity contribution in [1.82, 2.24) is 0 Å². The van der Waals surface area contributed by atoms with Crippen molar-refractivity contribution in [1.29, 1.82) is 0 Å². The average Bonchev–Trinajstić information content (AvgIpc) is 2.73. The summed E-state index contributed by atoms with van der Waals surface area (Å²) in [6.07, 6.45) is 0. The number of hydrogen-bond donors (Lipinski definition) is 0. The second-order valence-corrected chi connectivity index (χ2v) is 12.3. The fourth-order valence-corrected chi connectivity index (χ4v) is 4.32. The van der Waals surface area contributed by atoms with Crippen molar-refractivity contribution in [3.05, 3.63) is 96.6 Å². The first-order valence-electron chi connectivity index (χ1n) is 8.51. The summed E-state index contributed by atoms with van der Waals surface area (Å²) >= 11 is 13.9. The lowest BCUT2D eigenvalue weighted by Crippen LogP contribution is -2.17. The third-order valence-electron chi connectivity index (χ3n) is 3.71. The predicted octanol–water partition coefficient (Wildman–Crippen LogP) is 5.47. The fourth-order valence-electron chi connectivity index (χ4n) is 2.31. The van der Waals surface area contributed by atoms with Gasteiger partial charge in [-0.05, 0) is 24.3 Å². The number of ketones is 1. The highest BCUT2D eigenvalue weighted by Gasteiger charge is 2.29. The summed E-state index contributed by atoms with van der Waals surface area (Å²) in [5.74, 6) is 0.703. The quantitative estimate of drug-likeness (QED) is 0.200. The highest BCUT2D eigenvalue weighted by molar-refractivity contribution is 7.97. The maximum absolute atomic E-state index is 12.6. The van der Waals surface area contributed by atoms with Gasteiger partial charge in [-0.25, -0.2) is 8.42 Å². The summed E-state index contributed by atoms with van der Waals surface area (Å²) in [4.78, 5) is 15.0. The Kier molecular flexibility index (Phi) is 9.22. The van der Waals surface area contributed by atoms with Gasteiger partial charge in [0.1, 0.15) is 10.1 Å². The third kappa shape index (κ3) is 7.61. The summed E-state index contributed by atoms with van der Waals surface area (Å²) in [6, 6.07) is 30.1. The lowest BCUT2D eigenvalue weighted by Gasteiger charge is -2.13. The van der Waals surface area contributed by atoms with Crippen LogP contribution in [0.2, 0.25) is 0 Å². The number of alkyl halides is 3. The zero-order valence-electron chi connectivity index (χ0n) is 15.5. The van der Waals surface area contributed by atoms with Crippen molar-refractivity contribution < 1.29 is 17.8 Å². The van der Waals surface area contributed by atoms with Crippen LogP contribution in [-0.4, -0.2) is 27.6 Å². The van der Waals surface area contributed by atoms with Gasteiger partial charge < -0.3 is 4.55 Å². The summed E-state index contributed by atoms with van der Waals surface area (Å²) in [5.41, 5.74) is 0.784. The SMILES string of the molecule is O=C(C[S+](c1ccccc1)c1ccccc1)c1ccccc1.O=S(=O)([O-])C(Cl)(Cl)Cl. The number of Topliss-reactive ketones (excluding diaryl/α,β-unsaturated/α-hetero) is 1. The van der Waals surface area contributed by atoms with E-state index in [1.165, 1.54) is 9.79 Å². The first-order chi connectivity index (χ1) is 14.1. The normalized spacial score (nSPS) is 11.5. The van der Waals surface area contributed by atoms with Crippen LogP contribution in [0.5, 0.6) is 0 Å². The van der Waals surface area contributed by atoms with E-state index < -0.39 is 13.2 Å². The molecule has 0 unspecified atom stereocenters. The molecule has 0 N–H and O–H groups in total. The van der Waals surface area contributed by atoms with Crippen LogP contribution in [0.25, 0.3) is 0 Å². The van der Waals surface area contributed by atoms with Gasteiger partial charge in [-0.15, -0.1) is 0 Å². The molecule has 0 spiro atoms. The average molecular weight is 504 g/mol. The number of halogens is 3. The van der Waals surface area contributed by atoms with E-state index in [4.69, 9.17) is 0 Å². The van der Waals surface area contributed by atoms with Gasteiger partial charge in [0.05, 0.1) is 10.9 Å². The summed E-state index contributed by atoms with van der Waals surface area (Å²) < 4.78 is 26.4. The molecule has 0 aliphatic rings. The molecule has 0 bridgehead atoms. The summed E-state index contributed by atoms with van der Waals surface area (Å²) in [7, 11) is -5.03. The molecule has 0 saturated heterocycles. The Hall–Kier alpha value is -1.54. The maximum Gasteiger partial charge on any atom is 0.280 e. The Morgan fingerprint density at radius 1 is 0.767 bits per heavy atom. The smallest absolute Gasteiger partial charge is 0.280 e. The summed E-state index contributed by atoms with van der Waals surface area (Å²) in [6.45, 7) is 0. The second kappa shape index (κ2) is 11.2. The van der Waals surface area contributed by atoms with E-state index in [0.717, 1.165) is 5.56 Å². The monoisotopic (exact) mass is 502 g/mol. The standard InChI is InChI=1S/C20H17OS.CHCl3O3S/c21-20(17-10-4-1-5-11-17)16-22(18-12-6-2-7-13-18)19-14-8-3-9-15-19;2-1(3,4)8(5,6)7/h1-15H,16H2;(H,5,6,7)/q+1;/p-1. The Morgan fingerprint density at radius 2 is 1.10 bits per heavy atom. The van der Waals surface area contributed by atoms with Crippen molar-refractivity contribution in [3.8, 4) is 0 Å². The highest BCUT2D eigenvalue weighted by atomic mass is 35.6. The fraction of sp³-hybridized carbons (Fsp3) is 0.0952. The number of hydrogen-bond acceptors (Lipinski definition) is 4. The van der Waals surface area contributed by atoms with Crippen LogP contribution in [0.15, 0.2) is 101 Å². The first-order valence-corrected chi connectivity index (χ1v) is 12.4. The molecule has 0 atom stereocenters. The zero-order chi connectivity index (χ0) is 22.2. The molecular weight excluding hydrogens is 487 g/mol. The van der Waals surface area contributed by atoms with E-state index in [9.17, 15) is 17.8 Å². The maximum atomic E-state index is 12.6. The largest absolute Gasteiger partial charge is 0.745 e. The van der Waals surface area contributed by atoms with Gasteiger partial charge in [0.25, 0.3) is 3.12 Å². The molecule has 158 valence electrons. The first kappa shape index (κ1) is 24.7. The Labute approximate surface area is 193 Å². The molecule has 0 saturated carbocycles. The number of benzene rings is 3. The molecule has 3 aromatic rings. The van der Waals surface area contributed by atoms with Gasteiger partial charge in [-0.1, -0.05) is 102 Å². The van der Waals surface area contributed by atoms with Crippen molar-refractivity contribution >= 4 is 61.6 Å². The van der Waals surface area contributed by atoms with E-state index in [1.807, 2.05) is 66.7 Å². The van der Waals surface area contributed by atoms with Crippen LogP contribution in [-0.2, 0) is 21.0 Å². The van der Waals surface area contributed by atoms with E-state index >= 15 is 0 Å². The van der Waals surface area contributed by atoms with Crippen molar-refractivity contribution in [2.45, 2.75) is 12.9 Å². The molecule has 9 heteroatoms. The van der Waals surface area contributed by atoms with E-state index in [0.29, 0.717) is 5.75 Å². The minimum atomic E-state index is -4.79. The van der Waals surface area contributed by atoms with Gasteiger partial charge in [-0.3, -0.25) is 4.79 Å². The number of carbonyl (C=O) groups excluding carboxylic acids is 1. The van der Waals surface area contributed by atoms with Crippen molar-refractivity contribution in [3.63, 3.8) is 0 Å². The van der Waals surface area contributed by atoms with Gasteiger partial charge in [-0.2, -0.15) is 0 Å². The lowest BCUT2D eigenvalue weighted by molar-refractivity contribution is 0.102. The van der Waals surface area contributed by atoms with Crippen molar-refractivity contribution in [2.75, 3.05) is 5.75 Å². The third-order valence-corrected chi connectivity index (χ3v) is 8.21. The van der Waals surface area contributed by atoms with Crippen LogP contribution >= 0.6 is 34.8 Å². The minimum Gasteiger partial charge on any atom is -0.745 e. The molecule has 0 radical (unpaired) electrons. The molecule has 0 amide bonds. The molecule has 3 aromatic carbocycles. The van der Waals surface area contributed by atoms with Gasteiger partial charge in [0, 0.05) is 5.56 Å². The Balaban J connectivity index is 0.000000343. The van der Waals surface area contributed by atoms with Crippen LogP contribution in [0.4, 0.5) is 0 Å². The Bertz CT molecular complexity index is 1000. The van der Waals surface area contributed by atoms with Crippen LogP contribution in [0, 0.1) is 0 Å². The van der Waals surface area contributed by atoms with E-state index in [2.05, 4.69) is 59.1 Å². The zero-order valence-corrected chi connectivity index (χ0v) is 19.4. The molecule has 0 heterocycles. The van der Waals surface area contributed by atoms with E-state index in [-0.39, 0.29) is 16.7 Å². The van der Waals surface area contributed by atoms with Crippen LogP contribution in [0.1, 0.15) is 10.4 Å². The molecule has 0 fully saturated rings. The topological polar surface area (TPSA) is 74.3 Å². The van der Waals surface area contributed by atoms with Gasteiger partial charge in [0.15, 0.2) is 15.5 Å². The van der Waals surface area contributed by atoms with Gasteiger partial charge >= 0.3 is 0 Å². The molecule has 30 heavy (non-hydrogen) atoms. The molecule has 0 aromatic heterocycles. The predicted molar refractivity (Wildman–Crippen MR) is 122 cm³/mol. The number of carbonyl (C=O) groups is 1. The van der Waals surface area contributed by atoms with E-state index in [1.54, 1.807) is 0 Å². The molecular formula is C21H17Cl3O4S2. The number of rotatable bonds is 5. The Morgan fingerprint density at radius 3 is 1.43 bits per heavy atom. The minimum absolute atomic E-state index is 0.191. The van der Waals surface area contributed by atoms with Crippen LogP contribution in [0.3, 0.4) is 0 Å². The van der Waals surface area contributed by atoms with Crippen molar-refractivity contribution in [2.24, 2.45) is 0 Å². The molecule has 4 nitrogen and oxygen atoms in total. The second-order valence-electron chi connectivity index (χ2n) is 5.85.